The van der Waals surface area contributed by atoms with Gasteiger partial charge in [-0.15, -0.1) is 6.58 Å². The second kappa shape index (κ2) is 14.3. The van der Waals surface area contributed by atoms with Crippen LogP contribution in [0.4, 0.5) is 4.79 Å². The van der Waals surface area contributed by atoms with E-state index in [4.69, 9.17) is 10.5 Å². The Kier molecular flexibility index (Phi) is 12.1. The smallest absolute Gasteiger partial charge is 0.408 e. The lowest BCUT2D eigenvalue weighted by atomic mass is 9.96. The summed E-state index contributed by atoms with van der Waals surface area (Å²) in [5.41, 5.74) is 7.07. The van der Waals surface area contributed by atoms with E-state index in [-0.39, 0.29) is 25.3 Å². The minimum Gasteiger partial charge on any atom is -0.444 e. The van der Waals surface area contributed by atoms with E-state index in [1.54, 1.807) is 20.8 Å². The molecule has 0 saturated carbocycles. The monoisotopic (exact) mass is 502 g/mol. The number of nitrogens with two attached hydrogens (primary N) is 1. The SMILES string of the molecule is C=CCN(C(=O)C(CCC(N)=O)NC(=O)OC(C)(C)C)C(C(=O)NCCCC)c1ccc(C)cc1C. The third kappa shape index (κ3) is 10.1. The molecule has 9 heteroatoms. The number of primary amides is 1. The third-order valence-electron chi connectivity index (χ3n) is 5.39. The Balaban J connectivity index is 3.47. The number of hydrogen-bond donors (Lipinski definition) is 3. The molecule has 0 aliphatic heterocycles. The first-order chi connectivity index (χ1) is 16.8. The van der Waals surface area contributed by atoms with Crippen molar-refractivity contribution in [2.75, 3.05) is 13.1 Å². The molecule has 1 rings (SSSR count). The molecule has 0 aliphatic rings. The molecule has 4 amide bonds. The predicted octanol–water partition coefficient (Wildman–Crippen LogP) is 3.43. The van der Waals surface area contributed by atoms with Gasteiger partial charge in [0.1, 0.15) is 17.7 Å². The number of hydrogen-bond acceptors (Lipinski definition) is 5. The first-order valence-corrected chi connectivity index (χ1v) is 12.3. The standard InChI is InChI=1S/C27H42N4O5/c1-8-10-15-29-24(33)23(20-12-11-18(3)17-19(20)4)31(16-9-2)25(34)21(13-14-22(28)32)30-26(35)36-27(5,6)7/h9,11-12,17,21,23H,2,8,10,13-16H2,1,3-7H3,(H2,28,32)(H,29,33)(H,30,35). The minimum absolute atomic E-state index is 0.0427. The fourth-order valence-electron chi connectivity index (χ4n) is 3.72. The van der Waals surface area contributed by atoms with Gasteiger partial charge in [0.05, 0.1) is 0 Å². The van der Waals surface area contributed by atoms with Crippen LogP contribution in [0.15, 0.2) is 30.9 Å². The van der Waals surface area contributed by atoms with Gasteiger partial charge >= 0.3 is 6.09 Å². The van der Waals surface area contributed by atoms with Gasteiger partial charge in [0.2, 0.25) is 17.7 Å². The molecule has 9 nitrogen and oxygen atoms in total. The summed E-state index contributed by atoms with van der Waals surface area (Å²) in [5, 5.41) is 5.49. The summed E-state index contributed by atoms with van der Waals surface area (Å²) in [6.07, 6.45) is 2.23. The van der Waals surface area contributed by atoms with E-state index in [9.17, 15) is 19.2 Å². The molecular weight excluding hydrogens is 460 g/mol. The number of unbranched alkanes of at least 4 members (excludes halogenated alkanes) is 1. The van der Waals surface area contributed by atoms with Crippen LogP contribution in [-0.4, -0.2) is 53.4 Å². The van der Waals surface area contributed by atoms with Crippen molar-refractivity contribution in [3.05, 3.63) is 47.5 Å². The summed E-state index contributed by atoms with van der Waals surface area (Å²) < 4.78 is 5.32. The number of aryl methyl sites for hydroxylation is 2. The number of amides is 4. The normalized spacial score (nSPS) is 12.7. The molecule has 4 N–H and O–H groups in total. The maximum absolute atomic E-state index is 13.9. The molecule has 0 saturated heterocycles. The quantitative estimate of drug-likeness (QED) is 0.281. The zero-order valence-corrected chi connectivity index (χ0v) is 22.5. The van der Waals surface area contributed by atoms with Crippen molar-refractivity contribution in [2.45, 2.75) is 84.9 Å². The molecule has 2 unspecified atom stereocenters. The van der Waals surface area contributed by atoms with E-state index in [2.05, 4.69) is 17.2 Å². The van der Waals surface area contributed by atoms with Crippen LogP contribution >= 0.6 is 0 Å². The number of rotatable bonds is 13. The van der Waals surface area contributed by atoms with Gasteiger partial charge in [0.25, 0.3) is 0 Å². The molecular formula is C27H42N4O5. The van der Waals surface area contributed by atoms with Gasteiger partial charge in [0, 0.05) is 19.5 Å². The maximum atomic E-state index is 13.9. The van der Waals surface area contributed by atoms with Crippen LogP contribution in [0.2, 0.25) is 0 Å². The van der Waals surface area contributed by atoms with Gasteiger partial charge < -0.3 is 26.0 Å². The van der Waals surface area contributed by atoms with E-state index in [1.165, 1.54) is 11.0 Å². The Labute approximate surface area is 214 Å². The van der Waals surface area contributed by atoms with Crippen LogP contribution in [0, 0.1) is 13.8 Å². The minimum atomic E-state index is -1.14. The highest BCUT2D eigenvalue weighted by Crippen LogP contribution is 2.27. The zero-order valence-electron chi connectivity index (χ0n) is 22.5. The fraction of sp³-hybridized carbons (Fsp3) is 0.556. The van der Waals surface area contributed by atoms with Crippen molar-refractivity contribution < 1.29 is 23.9 Å². The topological polar surface area (TPSA) is 131 Å². The zero-order chi connectivity index (χ0) is 27.5. The molecule has 0 bridgehead atoms. The highest BCUT2D eigenvalue weighted by atomic mass is 16.6. The van der Waals surface area contributed by atoms with E-state index in [0.717, 1.165) is 24.0 Å². The summed E-state index contributed by atoms with van der Waals surface area (Å²) in [4.78, 5) is 52.7. The lowest BCUT2D eigenvalue weighted by Gasteiger charge is -2.34. The van der Waals surface area contributed by atoms with Crippen LogP contribution < -0.4 is 16.4 Å². The Morgan fingerprint density at radius 3 is 2.39 bits per heavy atom. The predicted molar refractivity (Wildman–Crippen MR) is 140 cm³/mol. The van der Waals surface area contributed by atoms with Crippen molar-refractivity contribution in [1.29, 1.82) is 0 Å². The van der Waals surface area contributed by atoms with Crippen LogP contribution in [0.3, 0.4) is 0 Å². The largest absolute Gasteiger partial charge is 0.444 e. The van der Waals surface area contributed by atoms with E-state index in [1.807, 2.05) is 39.0 Å². The van der Waals surface area contributed by atoms with E-state index < -0.39 is 35.6 Å². The molecule has 200 valence electrons. The number of nitrogens with one attached hydrogen (secondary N) is 2. The molecule has 0 spiro atoms. The molecule has 0 fully saturated rings. The van der Waals surface area contributed by atoms with Gasteiger partial charge in [-0.2, -0.15) is 0 Å². The van der Waals surface area contributed by atoms with Crippen molar-refractivity contribution >= 4 is 23.8 Å². The second-order valence-corrected chi connectivity index (χ2v) is 9.89. The van der Waals surface area contributed by atoms with Crippen molar-refractivity contribution in [3.63, 3.8) is 0 Å². The number of nitrogens with zero attached hydrogens (tertiary/aromatic N) is 1. The average molecular weight is 503 g/mol. The van der Waals surface area contributed by atoms with E-state index >= 15 is 0 Å². The lowest BCUT2D eigenvalue weighted by molar-refractivity contribution is -0.142. The molecule has 0 radical (unpaired) electrons. The number of carbonyl (C=O) groups excluding carboxylic acids is 4. The lowest BCUT2D eigenvalue weighted by Crippen LogP contribution is -2.53. The summed E-state index contributed by atoms with van der Waals surface area (Å²) in [7, 11) is 0. The summed E-state index contributed by atoms with van der Waals surface area (Å²) in [5.74, 6) is -1.49. The van der Waals surface area contributed by atoms with Crippen molar-refractivity contribution in [1.82, 2.24) is 15.5 Å². The van der Waals surface area contributed by atoms with Crippen LogP contribution in [0.1, 0.15) is 76.1 Å². The number of alkyl carbamates (subject to hydrolysis) is 1. The molecule has 1 aromatic rings. The third-order valence-corrected chi connectivity index (χ3v) is 5.39. The maximum Gasteiger partial charge on any atom is 0.408 e. The van der Waals surface area contributed by atoms with Crippen LogP contribution in [0.5, 0.6) is 0 Å². The molecule has 0 heterocycles. The van der Waals surface area contributed by atoms with Crippen molar-refractivity contribution in [2.24, 2.45) is 5.73 Å². The first-order valence-electron chi connectivity index (χ1n) is 12.3. The summed E-state index contributed by atoms with van der Waals surface area (Å²) in [6.45, 7) is 15.2. The van der Waals surface area contributed by atoms with Gasteiger partial charge in [0.15, 0.2) is 0 Å². The summed E-state index contributed by atoms with van der Waals surface area (Å²) in [6, 6.07) is 3.56. The van der Waals surface area contributed by atoms with Crippen LogP contribution in [0.25, 0.3) is 0 Å². The Bertz CT molecular complexity index is 939. The fourth-order valence-corrected chi connectivity index (χ4v) is 3.72. The van der Waals surface area contributed by atoms with Gasteiger partial charge in [-0.3, -0.25) is 14.4 Å². The first kappa shape index (κ1) is 30.7. The number of benzene rings is 1. The van der Waals surface area contributed by atoms with Gasteiger partial charge in [-0.25, -0.2) is 4.79 Å². The van der Waals surface area contributed by atoms with Gasteiger partial charge in [-0.05, 0) is 58.6 Å². The van der Waals surface area contributed by atoms with Crippen LogP contribution in [-0.2, 0) is 19.1 Å². The molecule has 1 aromatic carbocycles. The summed E-state index contributed by atoms with van der Waals surface area (Å²) >= 11 is 0. The Hall–Kier alpha value is -3.36. The molecule has 0 aliphatic carbocycles. The Morgan fingerprint density at radius 1 is 1.19 bits per heavy atom. The molecule has 36 heavy (non-hydrogen) atoms. The highest BCUT2D eigenvalue weighted by molar-refractivity contribution is 5.92. The van der Waals surface area contributed by atoms with E-state index in [0.29, 0.717) is 12.1 Å². The number of carbonyl (C=O) groups is 4. The second-order valence-electron chi connectivity index (χ2n) is 9.89. The van der Waals surface area contributed by atoms with Gasteiger partial charge in [-0.1, -0.05) is 43.2 Å². The van der Waals surface area contributed by atoms with Crippen molar-refractivity contribution in [3.8, 4) is 0 Å². The number of ether oxygens (including phenoxy) is 1. The average Bonchev–Trinajstić information content (AvgIpc) is 2.76. The molecule has 2 atom stereocenters. The highest BCUT2D eigenvalue weighted by Gasteiger charge is 2.36. The Morgan fingerprint density at radius 2 is 1.86 bits per heavy atom. The molecule has 0 aromatic heterocycles.